The van der Waals surface area contributed by atoms with Crippen LogP contribution in [0, 0.1) is 11.3 Å². The number of carbonyl (C=O) groups is 1. The fourth-order valence-electron chi connectivity index (χ4n) is 1.85. The van der Waals surface area contributed by atoms with Gasteiger partial charge in [-0.15, -0.1) is 0 Å². The number of rotatable bonds is 5. The lowest BCUT2D eigenvalue weighted by Crippen LogP contribution is -2.30. The monoisotopic (exact) mass is 330 g/mol. The lowest BCUT2D eigenvalue weighted by Gasteiger charge is -2.10. The average Bonchev–Trinajstić information content (AvgIpc) is 2.54. The first-order valence-corrected chi connectivity index (χ1v) is 7.31. The van der Waals surface area contributed by atoms with E-state index in [1.54, 1.807) is 43.3 Å². The summed E-state index contributed by atoms with van der Waals surface area (Å²) in [7, 11) is 0. The topological polar surface area (TPSA) is 82.3 Å². The van der Waals surface area contributed by atoms with Gasteiger partial charge in [0, 0.05) is 17.1 Å². The second-order valence-electron chi connectivity index (χ2n) is 4.94. The fourth-order valence-corrected chi connectivity index (χ4v) is 2.02. The van der Waals surface area contributed by atoms with E-state index in [9.17, 15) is 9.90 Å². The van der Waals surface area contributed by atoms with E-state index in [0.29, 0.717) is 27.6 Å². The number of nitrogens with zero attached hydrogens (tertiary/aromatic N) is 1. The van der Waals surface area contributed by atoms with Gasteiger partial charge >= 0.3 is 0 Å². The summed E-state index contributed by atoms with van der Waals surface area (Å²) in [5, 5.41) is 21.4. The Labute approximate surface area is 139 Å². The summed E-state index contributed by atoms with van der Waals surface area (Å²) in [6.45, 7) is 1.75. The molecule has 0 aromatic heterocycles. The second-order valence-corrected chi connectivity index (χ2v) is 5.38. The number of benzene rings is 2. The zero-order chi connectivity index (χ0) is 16.8. The predicted octanol–water partition coefficient (Wildman–Crippen LogP) is 3.11. The number of halogens is 1. The molecule has 1 atom stereocenters. The maximum Gasteiger partial charge on any atom is 0.251 e. The van der Waals surface area contributed by atoms with Gasteiger partial charge in [-0.3, -0.25) is 4.79 Å². The Bertz CT molecular complexity index is 754. The van der Waals surface area contributed by atoms with E-state index in [0.717, 1.165) is 0 Å². The maximum absolute atomic E-state index is 12.0. The van der Waals surface area contributed by atoms with Crippen molar-refractivity contribution in [3.63, 3.8) is 0 Å². The molecule has 0 spiro atoms. The molecule has 2 rings (SSSR count). The molecule has 0 heterocycles. The highest BCUT2D eigenvalue weighted by Gasteiger charge is 2.10. The first-order valence-electron chi connectivity index (χ1n) is 6.93. The molecule has 0 bridgehead atoms. The number of aliphatic hydroxyl groups excluding tert-OH is 1. The molecule has 0 saturated carbocycles. The first-order chi connectivity index (χ1) is 11.0. The van der Waals surface area contributed by atoms with Crippen LogP contribution in [0.3, 0.4) is 0 Å². The van der Waals surface area contributed by atoms with E-state index in [1.165, 1.54) is 6.07 Å². The fraction of sp³-hybridized carbons (Fsp3) is 0.176. The standard InChI is InChI=1S/C17H15ClN2O3/c1-11(21)10-20-17(22)12-3-2-4-15(8-12)23-16-6-5-14(18)7-13(16)9-19/h2-8,11,21H,10H2,1H3,(H,20,22). The van der Waals surface area contributed by atoms with E-state index in [2.05, 4.69) is 5.32 Å². The molecule has 2 N–H and O–H groups in total. The molecule has 0 fully saturated rings. The highest BCUT2D eigenvalue weighted by atomic mass is 35.5. The quantitative estimate of drug-likeness (QED) is 0.882. The van der Waals surface area contributed by atoms with Crippen molar-refractivity contribution in [2.24, 2.45) is 0 Å². The Kier molecular flexibility index (Phi) is 5.58. The average molecular weight is 331 g/mol. The minimum atomic E-state index is -0.620. The lowest BCUT2D eigenvalue weighted by atomic mass is 10.2. The number of hydrogen-bond donors (Lipinski definition) is 2. The zero-order valence-electron chi connectivity index (χ0n) is 12.4. The molecular formula is C17H15ClN2O3. The van der Waals surface area contributed by atoms with Gasteiger partial charge in [0.15, 0.2) is 0 Å². The van der Waals surface area contributed by atoms with E-state index >= 15 is 0 Å². The van der Waals surface area contributed by atoms with Crippen molar-refractivity contribution in [3.8, 4) is 17.6 Å². The molecular weight excluding hydrogens is 316 g/mol. The molecule has 1 amide bonds. The molecule has 0 radical (unpaired) electrons. The van der Waals surface area contributed by atoms with Crippen LogP contribution in [-0.4, -0.2) is 23.7 Å². The van der Waals surface area contributed by atoms with Crippen LogP contribution in [0.1, 0.15) is 22.8 Å². The molecule has 0 aliphatic heterocycles. The van der Waals surface area contributed by atoms with Crippen molar-refractivity contribution >= 4 is 17.5 Å². The van der Waals surface area contributed by atoms with E-state index in [1.807, 2.05) is 6.07 Å². The molecule has 0 saturated heterocycles. The van der Waals surface area contributed by atoms with Crippen molar-refractivity contribution in [1.82, 2.24) is 5.32 Å². The summed E-state index contributed by atoms with van der Waals surface area (Å²) in [5.74, 6) is 0.472. The highest BCUT2D eigenvalue weighted by Crippen LogP contribution is 2.27. The van der Waals surface area contributed by atoms with Crippen molar-refractivity contribution in [1.29, 1.82) is 5.26 Å². The second kappa shape index (κ2) is 7.63. The normalized spacial score (nSPS) is 11.4. The molecule has 2 aromatic carbocycles. The first kappa shape index (κ1) is 16.8. The lowest BCUT2D eigenvalue weighted by molar-refractivity contribution is 0.0923. The Balaban J connectivity index is 2.18. The van der Waals surface area contributed by atoms with E-state index in [-0.39, 0.29) is 12.5 Å². The van der Waals surface area contributed by atoms with Crippen LogP contribution in [0.5, 0.6) is 11.5 Å². The smallest absolute Gasteiger partial charge is 0.251 e. The van der Waals surface area contributed by atoms with Gasteiger partial charge in [-0.05, 0) is 43.3 Å². The molecule has 118 valence electrons. The van der Waals surface area contributed by atoms with Gasteiger partial charge in [0.05, 0.1) is 11.7 Å². The maximum atomic E-state index is 12.0. The summed E-state index contributed by atoms with van der Waals surface area (Å²) in [6, 6.07) is 13.3. The number of hydrogen-bond acceptors (Lipinski definition) is 4. The number of ether oxygens (including phenoxy) is 1. The summed E-state index contributed by atoms with van der Waals surface area (Å²) >= 11 is 5.85. The third kappa shape index (κ3) is 4.71. The van der Waals surface area contributed by atoms with Crippen LogP contribution in [0.15, 0.2) is 42.5 Å². The van der Waals surface area contributed by atoms with Crippen molar-refractivity contribution in [2.75, 3.05) is 6.54 Å². The van der Waals surface area contributed by atoms with Crippen LogP contribution in [-0.2, 0) is 0 Å². The minimum absolute atomic E-state index is 0.166. The zero-order valence-corrected chi connectivity index (χ0v) is 13.2. The van der Waals surface area contributed by atoms with Gasteiger partial charge in [0.25, 0.3) is 5.91 Å². The van der Waals surface area contributed by atoms with Crippen LogP contribution < -0.4 is 10.1 Å². The Morgan fingerprint density at radius 3 is 2.87 bits per heavy atom. The van der Waals surface area contributed by atoms with E-state index < -0.39 is 6.10 Å². The third-order valence-electron chi connectivity index (χ3n) is 2.94. The number of nitriles is 1. The summed E-state index contributed by atoms with van der Waals surface area (Å²) in [6.07, 6.45) is -0.620. The van der Waals surface area contributed by atoms with Gasteiger partial charge in [0.1, 0.15) is 17.6 Å². The van der Waals surface area contributed by atoms with Gasteiger partial charge in [-0.25, -0.2) is 0 Å². The Hall–Kier alpha value is -2.55. The largest absolute Gasteiger partial charge is 0.456 e. The molecule has 1 unspecified atom stereocenters. The molecule has 0 aliphatic rings. The third-order valence-corrected chi connectivity index (χ3v) is 3.18. The molecule has 6 heteroatoms. The minimum Gasteiger partial charge on any atom is -0.456 e. The van der Waals surface area contributed by atoms with E-state index in [4.69, 9.17) is 21.6 Å². The van der Waals surface area contributed by atoms with Gasteiger partial charge in [-0.2, -0.15) is 5.26 Å². The highest BCUT2D eigenvalue weighted by molar-refractivity contribution is 6.30. The Morgan fingerprint density at radius 2 is 2.17 bits per heavy atom. The van der Waals surface area contributed by atoms with Crippen LogP contribution in [0.25, 0.3) is 0 Å². The van der Waals surface area contributed by atoms with Crippen molar-refractivity contribution in [3.05, 3.63) is 58.6 Å². The molecule has 23 heavy (non-hydrogen) atoms. The summed E-state index contributed by atoms with van der Waals surface area (Å²) in [4.78, 5) is 12.0. The Morgan fingerprint density at radius 1 is 1.39 bits per heavy atom. The molecule has 2 aromatic rings. The molecule has 5 nitrogen and oxygen atoms in total. The van der Waals surface area contributed by atoms with Gasteiger partial charge in [-0.1, -0.05) is 17.7 Å². The van der Waals surface area contributed by atoms with Gasteiger partial charge < -0.3 is 15.2 Å². The van der Waals surface area contributed by atoms with Crippen LogP contribution in [0.4, 0.5) is 0 Å². The summed E-state index contributed by atoms with van der Waals surface area (Å²) < 4.78 is 5.66. The van der Waals surface area contributed by atoms with Crippen molar-refractivity contribution < 1.29 is 14.6 Å². The molecule has 0 aliphatic carbocycles. The number of nitrogens with one attached hydrogen (secondary N) is 1. The van der Waals surface area contributed by atoms with Gasteiger partial charge in [0.2, 0.25) is 0 Å². The van der Waals surface area contributed by atoms with Crippen LogP contribution in [0.2, 0.25) is 5.02 Å². The SMILES string of the molecule is CC(O)CNC(=O)c1cccc(Oc2ccc(Cl)cc2C#N)c1. The summed E-state index contributed by atoms with van der Waals surface area (Å²) in [5.41, 5.74) is 0.706. The van der Waals surface area contributed by atoms with Crippen LogP contribution >= 0.6 is 11.6 Å². The van der Waals surface area contributed by atoms with Crippen molar-refractivity contribution in [2.45, 2.75) is 13.0 Å². The number of carbonyl (C=O) groups excluding carboxylic acids is 1. The number of amides is 1. The number of aliphatic hydroxyl groups is 1. The predicted molar refractivity (Wildman–Crippen MR) is 86.7 cm³/mol.